The summed E-state index contributed by atoms with van der Waals surface area (Å²) in [5.41, 5.74) is 2.56. The van der Waals surface area contributed by atoms with Gasteiger partial charge in [0.1, 0.15) is 17.3 Å². The van der Waals surface area contributed by atoms with E-state index in [0.717, 1.165) is 5.56 Å². The molecular formula is C23H21Cl2N3O5. The van der Waals surface area contributed by atoms with Crippen molar-refractivity contribution in [3.8, 4) is 11.5 Å². The van der Waals surface area contributed by atoms with E-state index in [9.17, 15) is 9.59 Å². The maximum Gasteiger partial charge on any atom is 0.265 e. The highest BCUT2D eigenvalue weighted by molar-refractivity contribution is 6.35. The van der Waals surface area contributed by atoms with Crippen molar-refractivity contribution in [3.05, 3.63) is 63.5 Å². The minimum atomic E-state index is -0.837. The van der Waals surface area contributed by atoms with Gasteiger partial charge in [0.25, 0.3) is 11.8 Å². The Morgan fingerprint density at radius 1 is 1.24 bits per heavy atom. The first-order valence-electron chi connectivity index (χ1n) is 10.1. The molecule has 172 valence electrons. The van der Waals surface area contributed by atoms with Crippen molar-refractivity contribution in [3.63, 3.8) is 0 Å². The van der Waals surface area contributed by atoms with Gasteiger partial charge in [-0.1, -0.05) is 28.4 Å². The van der Waals surface area contributed by atoms with Crippen molar-refractivity contribution in [2.45, 2.75) is 33.4 Å². The Bertz CT molecular complexity index is 1210. The molecule has 1 aliphatic rings. The van der Waals surface area contributed by atoms with Gasteiger partial charge in [0.2, 0.25) is 0 Å². The molecule has 0 saturated heterocycles. The molecule has 3 aromatic rings. The van der Waals surface area contributed by atoms with Crippen LogP contribution < -0.4 is 19.7 Å². The molecule has 1 aromatic heterocycles. The normalized spacial score (nSPS) is 13.8. The van der Waals surface area contributed by atoms with Gasteiger partial charge in [-0.05, 0) is 57.2 Å². The van der Waals surface area contributed by atoms with Crippen molar-refractivity contribution >= 4 is 46.4 Å². The zero-order valence-electron chi connectivity index (χ0n) is 18.1. The molecule has 1 aliphatic heterocycles. The molecule has 0 saturated carbocycles. The smallest absolute Gasteiger partial charge is 0.265 e. The summed E-state index contributed by atoms with van der Waals surface area (Å²) in [7, 11) is 0. The molecule has 0 fully saturated rings. The quantitative estimate of drug-likeness (QED) is 0.527. The van der Waals surface area contributed by atoms with E-state index in [1.165, 1.54) is 6.07 Å². The number of nitrogens with zero attached hydrogens (tertiary/aromatic N) is 2. The molecule has 0 spiro atoms. The van der Waals surface area contributed by atoms with Crippen LogP contribution in [0.5, 0.6) is 11.5 Å². The predicted molar refractivity (Wildman–Crippen MR) is 124 cm³/mol. The van der Waals surface area contributed by atoms with E-state index in [1.807, 2.05) is 6.92 Å². The number of rotatable bonds is 6. The summed E-state index contributed by atoms with van der Waals surface area (Å²) in [4.78, 5) is 26.9. The molecule has 0 aliphatic carbocycles. The SMILES string of the molecule is Cc1noc(C)c1CN1C(=O)COc2ccc(NC(=O)C(C)Oc3ccc(Cl)cc3Cl)cc21. The Kier molecular flexibility index (Phi) is 6.49. The lowest BCUT2D eigenvalue weighted by atomic mass is 10.1. The fourth-order valence-electron chi connectivity index (χ4n) is 3.40. The van der Waals surface area contributed by atoms with Crippen LogP contribution in [0.1, 0.15) is 23.9 Å². The third-order valence-corrected chi connectivity index (χ3v) is 5.76. The number of benzene rings is 2. The van der Waals surface area contributed by atoms with Crippen LogP contribution >= 0.6 is 23.2 Å². The van der Waals surface area contributed by atoms with Crippen molar-refractivity contribution in [2.24, 2.45) is 0 Å². The van der Waals surface area contributed by atoms with E-state index >= 15 is 0 Å². The second-order valence-electron chi connectivity index (χ2n) is 7.58. The van der Waals surface area contributed by atoms with Crippen molar-refractivity contribution in [1.29, 1.82) is 0 Å². The molecule has 4 rings (SSSR count). The van der Waals surface area contributed by atoms with Gasteiger partial charge in [-0.3, -0.25) is 9.59 Å². The number of anilines is 2. The summed E-state index contributed by atoms with van der Waals surface area (Å²) in [6, 6.07) is 9.85. The summed E-state index contributed by atoms with van der Waals surface area (Å²) in [6.45, 7) is 5.43. The molecule has 0 radical (unpaired) electrons. The molecular weight excluding hydrogens is 469 g/mol. The molecule has 1 N–H and O–H groups in total. The van der Waals surface area contributed by atoms with Gasteiger partial charge in [-0.2, -0.15) is 0 Å². The van der Waals surface area contributed by atoms with E-state index in [1.54, 1.807) is 49.1 Å². The molecule has 2 heterocycles. The van der Waals surface area contributed by atoms with Crippen LogP contribution in [0, 0.1) is 13.8 Å². The summed E-state index contributed by atoms with van der Waals surface area (Å²) in [5, 5.41) is 7.53. The number of amides is 2. The molecule has 2 amide bonds. The number of aromatic nitrogens is 1. The van der Waals surface area contributed by atoms with Crippen molar-refractivity contribution < 1.29 is 23.6 Å². The van der Waals surface area contributed by atoms with Gasteiger partial charge in [0, 0.05) is 16.3 Å². The molecule has 1 atom stereocenters. The molecule has 10 heteroatoms. The zero-order valence-corrected chi connectivity index (χ0v) is 19.7. The van der Waals surface area contributed by atoms with Crippen LogP contribution in [0.3, 0.4) is 0 Å². The van der Waals surface area contributed by atoms with Crippen LogP contribution in [0.4, 0.5) is 11.4 Å². The van der Waals surface area contributed by atoms with Gasteiger partial charge in [-0.15, -0.1) is 0 Å². The van der Waals surface area contributed by atoms with Crippen molar-refractivity contribution in [2.75, 3.05) is 16.8 Å². The Balaban J connectivity index is 1.52. The van der Waals surface area contributed by atoms with E-state index < -0.39 is 6.10 Å². The van der Waals surface area contributed by atoms with Crippen LogP contribution in [0.2, 0.25) is 10.0 Å². The summed E-state index contributed by atoms with van der Waals surface area (Å²) < 4.78 is 16.5. The average Bonchev–Trinajstić information content (AvgIpc) is 3.09. The standard InChI is InChI=1S/C23H21Cl2N3O5/c1-12-17(13(2)33-27-12)10-28-19-9-16(5-7-21(19)31-11-22(28)29)26-23(30)14(3)32-20-6-4-15(24)8-18(20)25/h4-9,14H,10-11H2,1-3H3,(H,26,30). The lowest BCUT2D eigenvalue weighted by Gasteiger charge is -2.30. The van der Waals surface area contributed by atoms with Gasteiger partial charge < -0.3 is 24.2 Å². The minimum Gasteiger partial charge on any atom is -0.482 e. The maximum absolute atomic E-state index is 12.7. The highest BCUT2D eigenvalue weighted by atomic mass is 35.5. The highest BCUT2D eigenvalue weighted by Gasteiger charge is 2.28. The van der Waals surface area contributed by atoms with E-state index in [-0.39, 0.29) is 25.0 Å². The first-order chi connectivity index (χ1) is 15.7. The average molecular weight is 490 g/mol. The number of aryl methyl sites for hydroxylation is 2. The van der Waals surface area contributed by atoms with Gasteiger partial charge >= 0.3 is 0 Å². The number of ether oxygens (including phenoxy) is 2. The summed E-state index contributed by atoms with van der Waals surface area (Å²) >= 11 is 12.0. The van der Waals surface area contributed by atoms with E-state index in [0.29, 0.717) is 44.4 Å². The number of fused-ring (bicyclic) bond motifs is 1. The summed E-state index contributed by atoms with van der Waals surface area (Å²) in [6.07, 6.45) is -0.837. The lowest BCUT2D eigenvalue weighted by molar-refractivity contribution is -0.122. The van der Waals surface area contributed by atoms with Crippen molar-refractivity contribution in [1.82, 2.24) is 5.16 Å². The largest absolute Gasteiger partial charge is 0.482 e. The molecule has 33 heavy (non-hydrogen) atoms. The highest BCUT2D eigenvalue weighted by Crippen LogP contribution is 2.36. The third kappa shape index (κ3) is 4.91. The monoisotopic (exact) mass is 489 g/mol. The molecule has 2 aromatic carbocycles. The van der Waals surface area contributed by atoms with Crippen LogP contribution in [0.25, 0.3) is 0 Å². The maximum atomic E-state index is 12.7. The van der Waals surface area contributed by atoms with Gasteiger partial charge in [0.15, 0.2) is 12.7 Å². The second-order valence-corrected chi connectivity index (χ2v) is 8.42. The lowest BCUT2D eigenvalue weighted by Crippen LogP contribution is -2.38. The Labute approximate surface area is 200 Å². The van der Waals surface area contributed by atoms with Gasteiger partial charge in [0.05, 0.1) is 22.9 Å². The molecule has 0 bridgehead atoms. The second kappa shape index (κ2) is 9.33. The number of carbonyl (C=O) groups excluding carboxylic acids is 2. The Morgan fingerprint density at radius 2 is 2.03 bits per heavy atom. The predicted octanol–water partition coefficient (Wildman–Crippen LogP) is 4.93. The Morgan fingerprint density at radius 3 is 2.73 bits per heavy atom. The van der Waals surface area contributed by atoms with Crippen LogP contribution in [0.15, 0.2) is 40.9 Å². The number of hydrogen-bond donors (Lipinski definition) is 1. The fourth-order valence-corrected chi connectivity index (χ4v) is 3.85. The zero-order chi connectivity index (χ0) is 23.7. The fraction of sp³-hybridized carbons (Fsp3) is 0.261. The van der Waals surface area contributed by atoms with E-state index in [4.69, 9.17) is 37.2 Å². The van der Waals surface area contributed by atoms with Crippen LogP contribution in [-0.2, 0) is 16.1 Å². The summed E-state index contributed by atoms with van der Waals surface area (Å²) in [5.74, 6) is 0.932. The molecule has 1 unspecified atom stereocenters. The minimum absolute atomic E-state index is 0.0746. The van der Waals surface area contributed by atoms with Crippen LogP contribution in [-0.4, -0.2) is 29.7 Å². The van der Waals surface area contributed by atoms with Gasteiger partial charge in [-0.25, -0.2) is 0 Å². The topological polar surface area (TPSA) is 93.9 Å². The third-order valence-electron chi connectivity index (χ3n) is 5.23. The Hall–Kier alpha value is -3.23. The first kappa shape index (κ1) is 22.9. The number of halogens is 2. The number of nitrogens with one attached hydrogen (secondary N) is 1. The molecule has 8 nitrogen and oxygen atoms in total. The van der Waals surface area contributed by atoms with E-state index in [2.05, 4.69) is 10.5 Å². The number of hydrogen-bond acceptors (Lipinski definition) is 6. The first-order valence-corrected chi connectivity index (χ1v) is 10.9. The number of carbonyl (C=O) groups is 2.